The van der Waals surface area contributed by atoms with Gasteiger partial charge in [0.2, 0.25) is 0 Å². The number of hydrogen-bond acceptors (Lipinski definition) is 4. The second-order valence-corrected chi connectivity index (χ2v) is 8.77. The van der Waals surface area contributed by atoms with Crippen molar-refractivity contribution in [1.82, 2.24) is 9.80 Å². The Morgan fingerprint density at radius 2 is 1.75 bits per heavy atom. The van der Waals surface area contributed by atoms with Crippen LogP contribution in [0, 0.1) is 11.6 Å². The van der Waals surface area contributed by atoms with Crippen LogP contribution in [0.15, 0.2) is 12.1 Å². The number of halogens is 3. The van der Waals surface area contributed by atoms with E-state index in [9.17, 15) is 22.0 Å². The van der Waals surface area contributed by atoms with E-state index >= 15 is 0 Å². The molecule has 132 valence electrons. The molecule has 1 atom stereocenters. The van der Waals surface area contributed by atoms with Crippen molar-refractivity contribution in [3.8, 4) is 0 Å². The molecule has 2 heterocycles. The highest BCUT2D eigenvalue weighted by Crippen LogP contribution is 2.23. The summed E-state index contributed by atoms with van der Waals surface area (Å²) in [6, 6.07) is 1.61. The van der Waals surface area contributed by atoms with E-state index in [1.54, 1.807) is 0 Å². The third-order valence-corrected chi connectivity index (χ3v) is 6.63. The highest BCUT2D eigenvalue weighted by Gasteiger charge is 2.34. The highest BCUT2D eigenvalue weighted by molar-refractivity contribution is 7.91. The van der Waals surface area contributed by atoms with Crippen molar-refractivity contribution in [2.45, 2.75) is 12.5 Å². The van der Waals surface area contributed by atoms with Crippen LogP contribution in [0.5, 0.6) is 0 Å². The summed E-state index contributed by atoms with van der Waals surface area (Å²) in [5.41, 5.74) is -0.0625. The molecular formula is C15H17ClF2N2O3S. The maximum atomic E-state index is 13.4. The van der Waals surface area contributed by atoms with Gasteiger partial charge >= 0.3 is 0 Å². The number of sulfone groups is 1. The topological polar surface area (TPSA) is 57.7 Å². The van der Waals surface area contributed by atoms with Gasteiger partial charge in [-0.25, -0.2) is 17.2 Å². The molecule has 3 rings (SSSR count). The molecule has 1 unspecified atom stereocenters. The molecule has 0 aromatic heterocycles. The maximum absolute atomic E-state index is 13.4. The van der Waals surface area contributed by atoms with Gasteiger partial charge < -0.3 is 4.90 Å². The lowest BCUT2D eigenvalue weighted by Crippen LogP contribution is -2.52. The quantitative estimate of drug-likeness (QED) is 0.733. The molecule has 0 saturated carbocycles. The van der Waals surface area contributed by atoms with Gasteiger partial charge in [0.25, 0.3) is 5.91 Å². The number of hydrogen-bond donors (Lipinski definition) is 0. The fourth-order valence-corrected chi connectivity index (χ4v) is 5.20. The zero-order chi connectivity index (χ0) is 17.5. The predicted molar refractivity (Wildman–Crippen MR) is 85.9 cm³/mol. The molecule has 0 aliphatic carbocycles. The van der Waals surface area contributed by atoms with Crippen LogP contribution in [-0.4, -0.2) is 67.9 Å². The summed E-state index contributed by atoms with van der Waals surface area (Å²) in [5.74, 6) is -2.28. The Morgan fingerprint density at radius 1 is 1.12 bits per heavy atom. The number of carbonyl (C=O) groups is 1. The number of rotatable bonds is 2. The largest absolute Gasteiger partial charge is 0.336 e. The molecular weight excluding hydrogens is 362 g/mol. The SMILES string of the molecule is O=C(c1cc(F)c(F)cc1Cl)N1CCN(C2CCS(=O)(=O)C2)CC1. The van der Waals surface area contributed by atoms with E-state index in [1.807, 2.05) is 0 Å². The van der Waals surface area contributed by atoms with Gasteiger partial charge in [-0.2, -0.15) is 0 Å². The fourth-order valence-electron chi connectivity index (χ4n) is 3.21. The predicted octanol–water partition coefficient (Wildman–Crippen LogP) is 1.56. The first-order valence-corrected chi connectivity index (χ1v) is 9.85. The molecule has 2 fully saturated rings. The second-order valence-electron chi connectivity index (χ2n) is 6.13. The standard InChI is InChI=1S/C15H17ClF2N2O3S/c16-12-8-14(18)13(17)7-11(12)15(21)20-4-2-19(3-5-20)10-1-6-24(22,23)9-10/h7-8,10H,1-6,9H2. The van der Waals surface area contributed by atoms with Crippen LogP contribution in [0.1, 0.15) is 16.8 Å². The molecule has 5 nitrogen and oxygen atoms in total. The Balaban J connectivity index is 1.65. The van der Waals surface area contributed by atoms with E-state index in [4.69, 9.17) is 11.6 Å². The van der Waals surface area contributed by atoms with Gasteiger partial charge in [-0.1, -0.05) is 11.6 Å². The van der Waals surface area contributed by atoms with Crippen molar-refractivity contribution in [1.29, 1.82) is 0 Å². The first-order chi connectivity index (χ1) is 11.3. The smallest absolute Gasteiger partial charge is 0.255 e. The summed E-state index contributed by atoms with van der Waals surface area (Å²) in [4.78, 5) is 16.0. The number of piperazine rings is 1. The lowest BCUT2D eigenvalue weighted by atomic mass is 10.1. The molecule has 0 radical (unpaired) electrons. The Morgan fingerprint density at radius 3 is 2.33 bits per heavy atom. The molecule has 1 amide bonds. The molecule has 1 aromatic carbocycles. The molecule has 1 aromatic rings. The number of nitrogens with zero attached hydrogens (tertiary/aromatic N) is 2. The molecule has 24 heavy (non-hydrogen) atoms. The van der Waals surface area contributed by atoms with Crippen LogP contribution >= 0.6 is 11.6 Å². The van der Waals surface area contributed by atoms with E-state index < -0.39 is 27.4 Å². The molecule has 0 bridgehead atoms. The first-order valence-electron chi connectivity index (χ1n) is 7.65. The lowest BCUT2D eigenvalue weighted by molar-refractivity contribution is 0.0587. The van der Waals surface area contributed by atoms with E-state index in [-0.39, 0.29) is 28.1 Å². The molecule has 2 saturated heterocycles. The summed E-state index contributed by atoms with van der Waals surface area (Å²) in [7, 11) is -2.95. The van der Waals surface area contributed by atoms with Gasteiger partial charge in [0.05, 0.1) is 22.1 Å². The second kappa shape index (κ2) is 6.57. The van der Waals surface area contributed by atoms with Crippen molar-refractivity contribution in [2.24, 2.45) is 0 Å². The lowest BCUT2D eigenvalue weighted by Gasteiger charge is -2.37. The summed E-state index contributed by atoms with van der Waals surface area (Å²) >= 11 is 5.85. The van der Waals surface area contributed by atoms with Crippen LogP contribution in [0.3, 0.4) is 0 Å². The van der Waals surface area contributed by atoms with Gasteiger partial charge in [0.15, 0.2) is 21.5 Å². The molecule has 2 aliphatic heterocycles. The minimum atomic E-state index is -2.95. The van der Waals surface area contributed by atoms with Crippen molar-refractivity contribution in [3.63, 3.8) is 0 Å². The van der Waals surface area contributed by atoms with Crippen LogP contribution in [0.25, 0.3) is 0 Å². The zero-order valence-corrected chi connectivity index (χ0v) is 14.4. The van der Waals surface area contributed by atoms with Gasteiger partial charge in [-0.15, -0.1) is 0 Å². The number of benzene rings is 1. The number of amides is 1. The van der Waals surface area contributed by atoms with E-state index in [0.717, 1.165) is 12.1 Å². The number of carbonyl (C=O) groups excluding carboxylic acids is 1. The maximum Gasteiger partial charge on any atom is 0.255 e. The average Bonchev–Trinajstić information content (AvgIpc) is 2.90. The normalized spacial score (nSPS) is 24.3. The zero-order valence-electron chi connectivity index (χ0n) is 12.8. The average molecular weight is 379 g/mol. The van der Waals surface area contributed by atoms with Crippen LogP contribution < -0.4 is 0 Å². The van der Waals surface area contributed by atoms with E-state index in [0.29, 0.717) is 32.6 Å². The van der Waals surface area contributed by atoms with Crippen LogP contribution in [-0.2, 0) is 9.84 Å². The van der Waals surface area contributed by atoms with Gasteiger partial charge in [0.1, 0.15) is 0 Å². The van der Waals surface area contributed by atoms with Crippen LogP contribution in [0.4, 0.5) is 8.78 Å². The summed E-state index contributed by atoms with van der Waals surface area (Å²) < 4.78 is 49.6. The van der Waals surface area contributed by atoms with Gasteiger partial charge in [0, 0.05) is 32.2 Å². The Bertz CT molecular complexity index is 764. The molecule has 2 aliphatic rings. The third kappa shape index (κ3) is 3.55. The van der Waals surface area contributed by atoms with Gasteiger partial charge in [-0.05, 0) is 18.6 Å². The highest BCUT2D eigenvalue weighted by atomic mass is 35.5. The molecule has 0 spiro atoms. The van der Waals surface area contributed by atoms with Crippen LogP contribution in [0.2, 0.25) is 5.02 Å². The van der Waals surface area contributed by atoms with Gasteiger partial charge in [-0.3, -0.25) is 9.69 Å². The molecule has 0 N–H and O–H groups in total. The van der Waals surface area contributed by atoms with Crippen molar-refractivity contribution < 1.29 is 22.0 Å². The Labute approximate surface area is 144 Å². The fraction of sp³-hybridized carbons (Fsp3) is 0.533. The van der Waals surface area contributed by atoms with Crippen molar-refractivity contribution >= 4 is 27.3 Å². The minimum absolute atomic E-state index is 0.000828. The Hall–Kier alpha value is -1.25. The third-order valence-electron chi connectivity index (χ3n) is 4.57. The Kier molecular flexibility index (Phi) is 4.81. The summed E-state index contributed by atoms with van der Waals surface area (Å²) in [5, 5.41) is -0.122. The molecule has 9 heteroatoms. The minimum Gasteiger partial charge on any atom is -0.336 e. The van der Waals surface area contributed by atoms with E-state index in [1.165, 1.54) is 4.90 Å². The monoisotopic (exact) mass is 378 g/mol. The van der Waals surface area contributed by atoms with Crippen molar-refractivity contribution in [3.05, 3.63) is 34.4 Å². The summed E-state index contributed by atoms with van der Waals surface area (Å²) in [6.45, 7) is 1.88. The first kappa shape index (κ1) is 17.6. The van der Waals surface area contributed by atoms with E-state index in [2.05, 4.69) is 4.90 Å². The summed E-state index contributed by atoms with van der Waals surface area (Å²) in [6.07, 6.45) is 0.616. The van der Waals surface area contributed by atoms with Crippen molar-refractivity contribution in [2.75, 3.05) is 37.7 Å².